The van der Waals surface area contributed by atoms with Gasteiger partial charge in [0.25, 0.3) is 0 Å². The SMILES string of the molecule is CC(=O)[C@H]1[C@@H]2C(=O)C=C[C@]3(C)OC(=O)C(=C(C)[C@@H]1C)[C@H]23. The van der Waals surface area contributed by atoms with Crippen LogP contribution in [0.1, 0.15) is 27.7 Å². The molecule has 3 rings (SSSR count). The molecule has 0 aromatic rings. The third-order valence-corrected chi connectivity index (χ3v) is 5.23. The van der Waals surface area contributed by atoms with E-state index in [9.17, 15) is 14.4 Å². The summed E-state index contributed by atoms with van der Waals surface area (Å²) in [6.07, 6.45) is 3.14. The van der Waals surface area contributed by atoms with Crippen LogP contribution in [-0.4, -0.2) is 23.1 Å². The monoisotopic (exact) mass is 274 g/mol. The summed E-state index contributed by atoms with van der Waals surface area (Å²) in [7, 11) is 0. The van der Waals surface area contributed by atoms with Crippen molar-refractivity contribution in [3.05, 3.63) is 23.3 Å². The molecule has 0 bridgehead atoms. The zero-order valence-corrected chi connectivity index (χ0v) is 12.1. The summed E-state index contributed by atoms with van der Waals surface area (Å²) in [5, 5.41) is 0. The van der Waals surface area contributed by atoms with Crippen molar-refractivity contribution in [1.82, 2.24) is 0 Å². The van der Waals surface area contributed by atoms with Crippen LogP contribution < -0.4 is 0 Å². The fraction of sp³-hybridized carbons (Fsp3) is 0.562. The first kappa shape index (κ1) is 13.3. The van der Waals surface area contributed by atoms with E-state index in [-0.39, 0.29) is 35.3 Å². The van der Waals surface area contributed by atoms with E-state index in [0.717, 1.165) is 5.57 Å². The maximum Gasteiger partial charge on any atom is 0.335 e. The van der Waals surface area contributed by atoms with Gasteiger partial charge in [-0.2, -0.15) is 0 Å². The van der Waals surface area contributed by atoms with Gasteiger partial charge in [-0.3, -0.25) is 9.59 Å². The van der Waals surface area contributed by atoms with Crippen molar-refractivity contribution in [2.45, 2.75) is 33.3 Å². The Labute approximate surface area is 117 Å². The fourth-order valence-electron chi connectivity index (χ4n) is 4.15. The Bertz CT molecular complexity index is 598. The molecule has 3 aliphatic rings. The quantitative estimate of drug-likeness (QED) is 0.685. The van der Waals surface area contributed by atoms with E-state index in [1.54, 1.807) is 6.08 Å². The molecule has 106 valence electrons. The van der Waals surface area contributed by atoms with E-state index in [1.807, 2.05) is 20.8 Å². The molecule has 0 aromatic carbocycles. The number of ether oxygens (including phenoxy) is 1. The summed E-state index contributed by atoms with van der Waals surface area (Å²) < 4.78 is 5.51. The van der Waals surface area contributed by atoms with Crippen molar-refractivity contribution in [1.29, 1.82) is 0 Å². The van der Waals surface area contributed by atoms with Gasteiger partial charge in [0, 0.05) is 23.3 Å². The van der Waals surface area contributed by atoms with Gasteiger partial charge in [0.1, 0.15) is 11.4 Å². The van der Waals surface area contributed by atoms with Gasteiger partial charge in [-0.05, 0) is 38.8 Å². The number of rotatable bonds is 1. The van der Waals surface area contributed by atoms with Crippen molar-refractivity contribution in [3.8, 4) is 0 Å². The second-order valence-electron chi connectivity index (χ2n) is 6.33. The molecule has 0 aromatic heterocycles. The molecule has 1 heterocycles. The van der Waals surface area contributed by atoms with Gasteiger partial charge in [0.15, 0.2) is 5.78 Å². The third kappa shape index (κ3) is 1.45. The maximum absolute atomic E-state index is 12.3. The molecule has 0 saturated carbocycles. The van der Waals surface area contributed by atoms with Crippen molar-refractivity contribution in [2.24, 2.45) is 23.7 Å². The highest BCUT2D eigenvalue weighted by molar-refractivity contribution is 6.03. The van der Waals surface area contributed by atoms with Crippen LogP contribution in [0.5, 0.6) is 0 Å². The molecule has 1 aliphatic heterocycles. The van der Waals surface area contributed by atoms with Crippen molar-refractivity contribution in [2.75, 3.05) is 0 Å². The number of carbonyl (C=O) groups excluding carboxylic acids is 3. The number of hydrogen-bond acceptors (Lipinski definition) is 4. The molecule has 0 spiro atoms. The Morgan fingerprint density at radius 2 is 2.00 bits per heavy atom. The minimum absolute atomic E-state index is 0.00579. The molecule has 20 heavy (non-hydrogen) atoms. The number of carbonyl (C=O) groups is 3. The fourth-order valence-corrected chi connectivity index (χ4v) is 4.15. The molecule has 0 amide bonds. The summed E-state index contributed by atoms with van der Waals surface area (Å²) in [5.41, 5.74) is 0.712. The lowest BCUT2D eigenvalue weighted by Gasteiger charge is -2.43. The summed E-state index contributed by atoms with van der Waals surface area (Å²) in [4.78, 5) is 36.6. The number of allylic oxidation sites excluding steroid dienone is 2. The Morgan fingerprint density at radius 3 is 2.60 bits per heavy atom. The molecule has 0 unspecified atom stereocenters. The van der Waals surface area contributed by atoms with Crippen LogP contribution in [0.15, 0.2) is 23.3 Å². The van der Waals surface area contributed by atoms with Crippen LogP contribution in [0.3, 0.4) is 0 Å². The topological polar surface area (TPSA) is 60.4 Å². The molecule has 5 atom stereocenters. The van der Waals surface area contributed by atoms with E-state index < -0.39 is 11.5 Å². The van der Waals surface area contributed by atoms with E-state index in [2.05, 4.69) is 0 Å². The summed E-state index contributed by atoms with van der Waals surface area (Å²) in [6, 6.07) is 0. The number of hydrogen-bond donors (Lipinski definition) is 0. The van der Waals surface area contributed by atoms with Crippen LogP contribution in [0.4, 0.5) is 0 Å². The van der Waals surface area contributed by atoms with Crippen LogP contribution in [0, 0.1) is 23.7 Å². The first-order valence-corrected chi connectivity index (χ1v) is 6.95. The summed E-state index contributed by atoms with van der Waals surface area (Å²) in [6.45, 7) is 7.14. The second-order valence-corrected chi connectivity index (χ2v) is 6.33. The van der Waals surface area contributed by atoms with Gasteiger partial charge in [0.05, 0.1) is 0 Å². The van der Waals surface area contributed by atoms with Crippen molar-refractivity contribution >= 4 is 17.5 Å². The molecule has 4 nitrogen and oxygen atoms in total. The summed E-state index contributed by atoms with van der Waals surface area (Å²) in [5.74, 6) is -1.66. The average molecular weight is 274 g/mol. The van der Waals surface area contributed by atoms with E-state index in [1.165, 1.54) is 13.0 Å². The third-order valence-electron chi connectivity index (χ3n) is 5.23. The molecular weight excluding hydrogens is 256 g/mol. The first-order chi connectivity index (χ1) is 9.28. The molecule has 1 saturated heterocycles. The standard InChI is InChI=1S/C16H18O4/c1-7-8(2)12-14-13(11(7)9(3)17)10(18)5-6-16(14,4)20-15(12)19/h5-7,11,13-14H,1-4H3/t7-,11-,13-,14+,16-/m0/s1. The van der Waals surface area contributed by atoms with E-state index in [0.29, 0.717) is 5.57 Å². The minimum atomic E-state index is -0.792. The molecular formula is C16H18O4. The lowest BCUT2D eigenvalue weighted by molar-refractivity contribution is -0.145. The Morgan fingerprint density at radius 1 is 1.35 bits per heavy atom. The highest BCUT2D eigenvalue weighted by Gasteiger charge is 2.61. The number of esters is 1. The van der Waals surface area contributed by atoms with Crippen LogP contribution in [0.2, 0.25) is 0 Å². The lowest BCUT2D eigenvalue weighted by atomic mass is 9.57. The van der Waals surface area contributed by atoms with Gasteiger partial charge < -0.3 is 4.74 Å². The minimum Gasteiger partial charge on any atom is -0.451 e. The lowest BCUT2D eigenvalue weighted by Crippen LogP contribution is -2.50. The number of Topliss-reactive ketones (excluding diaryl/α,β-unsaturated/α-hetero) is 1. The molecule has 4 heteroatoms. The first-order valence-electron chi connectivity index (χ1n) is 6.95. The Hall–Kier alpha value is -1.71. The summed E-state index contributed by atoms with van der Waals surface area (Å²) >= 11 is 0. The van der Waals surface area contributed by atoms with Crippen molar-refractivity contribution < 1.29 is 19.1 Å². The highest BCUT2D eigenvalue weighted by Crippen LogP contribution is 2.54. The largest absolute Gasteiger partial charge is 0.451 e. The van der Waals surface area contributed by atoms with Crippen LogP contribution >= 0.6 is 0 Å². The van der Waals surface area contributed by atoms with Crippen LogP contribution in [0.25, 0.3) is 0 Å². The number of ketones is 2. The predicted molar refractivity (Wildman–Crippen MR) is 71.7 cm³/mol. The normalized spacial score (nSPS) is 42.6. The molecule has 0 radical (unpaired) electrons. The zero-order valence-electron chi connectivity index (χ0n) is 12.1. The maximum atomic E-state index is 12.3. The smallest absolute Gasteiger partial charge is 0.335 e. The zero-order chi connectivity index (χ0) is 14.8. The Balaban J connectivity index is 2.27. The van der Waals surface area contributed by atoms with E-state index >= 15 is 0 Å². The average Bonchev–Trinajstić information content (AvgIpc) is 2.62. The van der Waals surface area contributed by atoms with E-state index in [4.69, 9.17) is 4.74 Å². The van der Waals surface area contributed by atoms with Gasteiger partial charge in [0.2, 0.25) is 0 Å². The van der Waals surface area contributed by atoms with Gasteiger partial charge in [-0.25, -0.2) is 4.79 Å². The second kappa shape index (κ2) is 3.90. The molecule has 1 fully saturated rings. The highest BCUT2D eigenvalue weighted by atomic mass is 16.6. The molecule has 2 aliphatic carbocycles. The van der Waals surface area contributed by atoms with Gasteiger partial charge in [-0.1, -0.05) is 12.5 Å². The van der Waals surface area contributed by atoms with Crippen LogP contribution in [-0.2, 0) is 19.1 Å². The Kier molecular flexibility index (Phi) is 2.59. The van der Waals surface area contributed by atoms with Gasteiger partial charge >= 0.3 is 5.97 Å². The molecule has 0 N–H and O–H groups in total. The van der Waals surface area contributed by atoms with Crippen molar-refractivity contribution in [3.63, 3.8) is 0 Å². The van der Waals surface area contributed by atoms with Gasteiger partial charge in [-0.15, -0.1) is 0 Å². The predicted octanol–water partition coefficient (Wildman–Crippen LogP) is 1.84.